The van der Waals surface area contributed by atoms with Crippen LogP contribution in [0.1, 0.15) is 23.0 Å². The van der Waals surface area contributed by atoms with Gasteiger partial charge in [-0.2, -0.15) is 5.26 Å². The Balaban J connectivity index is 0.00000144. The second kappa shape index (κ2) is 8.55. The zero-order valence-electron chi connectivity index (χ0n) is 13.0. The van der Waals surface area contributed by atoms with Crippen molar-refractivity contribution < 1.29 is 4.74 Å². The Kier molecular flexibility index (Phi) is 7.05. The average molecular weight is 365 g/mol. The Morgan fingerprint density at radius 2 is 1.92 bits per heavy atom. The summed E-state index contributed by atoms with van der Waals surface area (Å²) in [5.41, 5.74) is 9.61. The van der Waals surface area contributed by atoms with Crippen LogP contribution in [-0.4, -0.2) is 17.1 Å². The zero-order chi connectivity index (χ0) is 15.5. The van der Waals surface area contributed by atoms with Crippen LogP contribution >= 0.6 is 24.8 Å². The molecular formula is C17H18Cl2N4O. The number of hydrogen-bond acceptors (Lipinski definition) is 4. The van der Waals surface area contributed by atoms with Gasteiger partial charge in [0.2, 0.25) is 0 Å². The summed E-state index contributed by atoms with van der Waals surface area (Å²) in [5.74, 6) is 1.55. The average Bonchev–Trinajstić information content (AvgIpc) is 2.98. The first-order valence-corrected chi connectivity index (χ1v) is 6.98. The van der Waals surface area contributed by atoms with Gasteiger partial charge in [0.15, 0.2) is 0 Å². The van der Waals surface area contributed by atoms with Gasteiger partial charge in [-0.3, -0.25) is 0 Å². The molecule has 7 heteroatoms. The standard InChI is InChI=1S/C17H16N4O.2ClH/c1-22-13-5-2-11(3-6-13)8-14(19)17-20-15-7-4-12(10-18)9-16(15)21-17;;/h2-7,9,14H,8,19H2,1H3,(H,20,21);2*1H/t14-;;/m1../s1. The SMILES string of the molecule is COc1ccc(C[C@@H](N)c2nc3ccc(C#N)cc3[nH]2)cc1.Cl.Cl. The Labute approximate surface area is 152 Å². The Morgan fingerprint density at radius 1 is 1.21 bits per heavy atom. The van der Waals surface area contributed by atoms with Gasteiger partial charge in [-0.05, 0) is 42.3 Å². The van der Waals surface area contributed by atoms with E-state index in [-0.39, 0.29) is 30.9 Å². The topological polar surface area (TPSA) is 87.7 Å². The zero-order valence-corrected chi connectivity index (χ0v) is 14.7. The van der Waals surface area contributed by atoms with E-state index < -0.39 is 0 Å². The van der Waals surface area contributed by atoms with Gasteiger partial charge in [-0.1, -0.05) is 12.1 Å². The van der Waals surface area contributed by atoms with Crippen molar-refractivity contribution in [2.75, 3.05) is 7.11 Å². The van der Waals surface area contributed by atoms with Gasteiger partial charge in [0.25, 0.3) is 0 Å². The van der Waals surface area contributed by atoms with Crippen molar-refractivity contribution >= 4 is 35.8 Å². The first kappa shape index (κ1) is 19.8. The number of halogens is 2. The number of H-pyrrole nitrogens is 1. The third-order valence-corrected chi connectivity index (χ3v) is 3.60. The molecule has 0 aliphatic rings. The second-order valence-electron chi connectivity index (χ2n) is 5.12. The normalized spacial score (nSPS) is 11.0. The van der Waals surface area contributed by atoms with Crippen molar-refractivity contribution in [1.82, 2.24) is 9.97 Å². The molecule has 0 aliphatic heterocycles. The van der Waals surface area contributed by atoms with E-state index in [2.05, 4.69) is 16.0 Å². The molecule has 0 radical (unpaired) electrons. The first-order chi connectivity index (χ1) is 10.7. The molecular weight excluding hydrogens is 347 g/mol. The smallest absolute Gasteiger partial charge is 0.124 e. The minimum absolute atomic E-state index is 0. The lowest BCUT2D eigenvalue weighted by Crippen LogP contribution is -2.14. The van der Waals surface area contributed by atoms with Gasteiger partial charge in [-0.25, -0.2) is 4.98 Å². The molecule has 1 heterocycles. The molecule has 0 unspecified atom stereocenters. The molecule has 0 spiro atoms. The summed E-state index contributed by atoms with van der Waals surface area (Å²) in [6.45, 7) is 0. The molecule has 0 bridgehead atoms. The predicted octanol–water partition coefficient (Wildman–Crippen LogP) is 3.53. The fourth-order valence-corrected chi connectivity index (χ4v) is 2.39. The van der Waals surface area contributed by atoms with Crippen molar-refractivity contribution in [2.24, 2.45) is 5.73 Å². The molecule has 5 nitrogen and oxygen atoms in total. The number of imidazole rings is 1. The molecule has 0 fully saturated rings. The number of nitrogens with one attached hydrogen (secondary N) is 1. The molecule has 0 saturated carbocycles. The van der Waals surface area contributed by atoms with Crippen LogP contribution in [0.5, 0.6) is 5.75 Å². The maximum Gasteiger partial charge on any atom is 0.124 e. The third-order valence-electron chi connectivity index (χ3n) is 3.60. The Hall–Kier alpha value is -2.26. The molecule has 1 atom stereocenters. The number of methoxy groups -OCH3 is 1. The number of nitrogens with zero attached hydrogens (tertiary/aromatic N) is 2. The molecule has 3 N–H and O–H groups in total. The molecule has 24 heavy (non-hydrogen) atoms. The van der Waals surface area contributed by atoms with Gasteiger partial charge in [0.1, 0.15) is 11.6 Å². The lowest BCUT2D eigenvalue weighted by atomic mass is 10.1. The number of hydrogen-bond donors (Lipinski definition) is 2. The van der Waals surface area contributed by atoms with Gasteiger partial charge in [-0.15, -0.1) is 24.8 Å². The summed E-state index contributed by atoms with van der Waals surface area (Å²) >= 11 is 0. The van der Waals surface area contributed by atoms with E-state index in [4.69, 9.17) is 15.7 Å². The predicted molar refractivity (Wildman–Crippen MR) is 98.9 cm³/mol. The van der Waals surface area contributed by atoms with Crippen molar-refractivity contribution in [1.29, 1.82) is 5.26 Å². The van der Waals surface area contributed by atoms with E-state index in [0.29, 0.717) is 12.0 Å². The van der Waals surface area contributed by atoms with Gasteiger partial charge in [0, 0.05) is 0 Å². The van der Waals surface area contributed by atoms with E-state index in [1.807, 2.05) is 30.3 Å². The molecule has 0 amide bonds. The Morgan fingerprint density at radius 3 is 2.54 bits per heavy atom. The first-order valence-electron chi connectivity index (χ1n) is 6.98. The summed E-state index contributed by atoms with van der Waals surface area (Å²) in [6.07, 6.45) is 0.676. The second-order valence-corrected chi connectivity index (χ2v) is 5.12. The van der Waals surface area contributed by atoms with Crippen LogP contribution in [0.2, 0.25) is 0 Å². The highest BCUT2D eigenvalue weighted by Gasteiger charge is 2.12. The van der Waals surface area contributed by atoms with Crippen LogP contribution in [0.3, 0.4) is 0 Å². The molecule has 0 aliphatic carbocycles. The molecule has 2 aromatic carbocycles. The van der Waals surface area contributed by atoms with Crippen molar-refractivity contribution in [3.63, 3.8) is 0 Å². The number of aromatic amines is 1. The maximum absolute atomic E-state index is 8.93. The highest BCUT2D eigenvalue weighted by Crippen LogP contribution is 2.20. The lowest BCUT2D eigenvalue weighted by molar-refractivity contribution is 0.414. The van der Waals surface area contributed by atoms with E-state index in [0.717, 1.165) is 28.2 Å². The van der Waals surface area contributed by atoms with Gasteiger partial charge >= 0.3 is 0 Å². The number of aromatic nitrogens is 2. The summed E-state index contributed by atoms with van der Waals surface area (Å²) in [7, 11) is 1.64. The van der Waals surface area contributed by atoms with E-state index >= 15 is 0 Å². The minimum atomic E-state index is -0.230. The van der Waals surface area contributed by atoms with Gasteiger partial charge in [0.05, 0.1) is 35.8 Å². The lowest BCUT2D eigenvalue weighted by Gasteiger charge is -2.09. The van der Waals surface area contributed by atoms with Crippen LogP contribution in [0.4, 0.5) is 0 Å². The number of nitrogens with two attached hydrogens (primary N) is 1. The van der Waals surface area contributed by atoms with Crippen LogP contribution in [0.25, 0.3) is 11.0 Å². The third kappa shape index (κ3) is 4.18. The quantitative estimate of drug-likeness (QED) is 0.740. The number of ether oxygens (including phenoxy) is 1. The summed E-state index contributed by atoms with van der Waals surface area (Å²) < 4.78 is 5.14. The molecule has 3 rings (SSSR count). The van der Waals surface area contributed by atoms with E-state index in [9.17, 15) is 0 Å². The summed E-state index contributed by atoms with van der Waals surface area (Å²) in [6, 6.07) is 15.1. The van der Waals surface area contributed by atoms with Crippen LogP contribution in [-0.2, 0) is 6.42 Å². The highest BCUT2D eigenvalue weighted by atomic mass is 35.5. The fourth-order valence-electron chi connectivity index (χ4n) is 2.39. The molecule has 0 saturated heterocycles. The summed E-state index contributed by atoms with van der Waals surface area (Å²) in [5, 5.41) is 8.93. The molecule has 126 valence electrons. The summed E-state index contributed by atoms with van der Waals surface area (Å²) in [4.78, 5) is 7.70. The molecule has 3 aromatic rings. The van der Waals surface area contributed by atoms with Crippen molar-refractivity contribution in [2.45, 2.75) is 12.5 Å². The number of fused-ring (bicyclic) bond motifs is 1. The monoisotopic (exact) mass is 364 g/mol. The van der Waals surface area contributed by atoms with Crippen molar-refractivity contribution in [3.05, 3.63) is 59.4 Å². The van der Waals surface area contributed by atoms with E-state index in [1.54, 1.807) is 19.2 Å². The maximum atomic E-state index is 8.93. The number of benzene rings is 2. The fraction of sp³-hybridized carbons (Fsp3) is 0.176. The highest BCUT2D eigenvalue weighted by molar-refractivity contribution is 5.85. The molecule has 1 aromatic heterocycles. The van der Waals surface area contributed by atoms with Crippen LogP contribution in [0, 0.1) is 11.3 Å². The minimum Gasteiger partial charge on any atom is -0.497 e. The van der Waals surface area contributed by atoms with Gasteiger partial charge < -0.3 is 15.5 Å². The number of nitriles is 1. The largest absolute Gasteiger partial charge is 0.497 e. The Bertz CT molecular complexity index is 840. The van der Waals surface area contributed by atoms with Crippen LogP contribution in [0.15, 0.2) is 42.5 Å². The van der Waals surface area contributed by atoms with Crippen molar-refractivity contribution in [3.8, 4) is 11.8 Å². The number of rotatable bonds is 4. The van der Waals surface area contributed by atoms with Crippen LogP contribution < -0.4 is 10.5 Å². The van der Waals surface area contributed by atoms with E-state index in [1.165, 1.54) is 0 Å².